The van der Waals surface area contributed by atoms with Gasteiger partial charge in [0.25, 0.3) is 0 Å². The highest BCUT2D eigenvalue weighted by Crippen LogP contribution is 2.27. The Bertz CT molecular complexity index is 582. The van der Waals surface area contributed by atoms with Crippen molar-refractivity contribution in [2.75, 3.05) is 19.6 Å². The topological polar surface area (TPSA) is 40.5 Å². The molecule has 1 fully saturated rings. The minimum Gasteiger partial charge on any atom is -0.382 e. The smallest absolute Gasteiger partial charge is 0.130 e. The molecule has 0 saturated carbocycles. The lowest BCUT2D eigenvalue weighted by molar-refractivity contribution is -0.909. The largest absolute Gasteiger partial charge is 0.382 e. The van der Waals surface area contributed by atoms with Gasteiger partial charge >= 0.3 is 0 Å². The number of aryl methyl sites for hydroxylation is 1. The van der Waals surface area contributed by atoms with Crippen molar-refractivity contribution < 1.29 is 10.0 Å². The summed E-state index contributed by atoms with van der Waals surface area (Å²) in [7, 11) is 0. The SMILES string of the molecule is Cc1[nH]c2ccccc2c1[C@@H](O)C[NH+]1CCC(C)CC1. The molecule has 0 amide bonds. The normalized spacial score (nSPS) is 24.9. The predicted molar refractivity (Wildman–Crippen MR) is 82.0 cm³/mol. The zero-order valence-electron chi connectivity index (χ0n) is 12.4. The molecule has 108 valence electrons. The molecule has 0 unspecified atom stereocenters. The highest BCUT2D eigenvalue weighted by Gasteiger charge is 2.24. The van der Waals surface area contributed by atoms with Gasteiger partial charge < -0.3 is 15.0 Å². The van der Waals surface area contributed by atoms with Crippen LogP contribution in [-0.4, -0.2) is 29.7 Å². The molecule has 1 aliphatic rings. The molecule has 3 rings (SSSR count). The number of quaternary nitrogens is 1. The number of rotatable bonds is 3. The van der Waals surface area contributed by atoms with Crippen LogP contribution in [0, 0.1) is 12.8 Å². The molecule has 1 aliphatic heterocycles. The van der Waals surface area contributed by atoms with E-state index in [2.05, 4.69) is 31.0 Å². The van der Waals surface area contributed by atoms with E-state index in [1.807, 2.05) is 12.1 Å². The fourth-order valence-corrected chi connectivity index (χ4v) is 3.48. The van der Waals surface area contributed by atoms with E-state index in [-0.39, 0.29) is 6.10 Å². The zero-order valence-corrected chi connectivity index (χ0v) is 12.4. The van der Waals surface area contributed by atoms with Gasteiger partial charge in [-0.1, -0.05) is 25.1 Å². The number of aliphatic hydroxyl groups excluding tert-OH is 1. The average molecular weight is 273 g/mol. The van der Waals surface area contributed by atoms with Crippen LogP contribution < -0.4 is 4.90 Å². The molecular weight excluding hydrogens is 248 g/mol. The molecule has 20 heavy (non-hydrogen) atoms. The lowest BCUT2D eigenvalue weighted by Crippen LogP contribution is -3.13. The number of hydrogen-bond acceptors (Lipinski definition) is 1. The third-order valence-corrected chi connectivity index (χ3v) is 4.74. The number of H-pyrrole nitrogens is 1. The summed E-state index contributed by atoms with van der Waals surface area (Å²) in [6.07, 6.45) is 2.21. The van der Waals surface area contributed by atoms with E-state index in [1.54, 1.807) is 4.90 Å². The molecule has 3 heteroatoms. The summed E-state index contributed by atoms with van der Waals surface area (Å²) in [5.74, 6) is 0.853. The number of piperidine rings is 1. The summed E-state index contributed by atoms with van der Waals surface area (Å²) >= 11 is 0. The Morgan fingerprint density at radius 2 is 2.00 bits per heavy atom. The summed E-state index contributed by atoms with van der Waals surface area (Å²) in [6.45, 7) is 7.61. The first kappa shape index (κ1) is 13.7. The summed E-state index contributed by atoms with van der Waals surface area (Å²) in [4.78, 5) is 4.92. The second-order valence-electron chi connectivity index (χ2n) is 6.36. The number of likely N-dealkylation sites (tertiary alicyclic amines) is 1. The molecule has 0 bridgehead atoms. The van der Waals surface area contributed by atoms with Crippen LogP contribution in [0.3, 0.4) is 0 Å². The first-order valence-electron chi connectivity index (χ1n) is 7.74. The van der Waals surface area contributed by atoms with E-state index >= 15 is 0 Å². The van der Waals surface area contributed by atoms with Gasteiger partial charge in [0.1, 0.15) is 12.6 Å². The standard InChI is InChI=1S/C17H24N2O/c1-12-7-9-19(10-8-12)11-16(20)17-13(2)18-15-6-4-3-5-14(15)17/h3-6,12,16,18,20H,7-11H2,1-2H3/p+1/t16-/m0/s1. The summed E-state index contributed by atoms with van der Waals surface area (Å²) in [5.41, 5.74) is 3.32. The van der Waals surface area contributed by atoms with Crippen molar-refractivity contribution in [3.05, 3.63) is 35.5 Å². The lowest BCUT2D eigenvalue weighted by Gasteiger charge is -2.29. The number of nitrogens with one attached hydrogen (secondary N) is 2. The highest BCUT2D eigenvalue weighted by atomic mass is 16.3. The Balaban J connectivity index is 1.78. The second-order valence-corrected chi connectivity index (χ2v) is 6.36. The maximum absolute atomic E-state index is 10.7. The van der Waals surface area contributed by atoms with Crippen molar-refractivity contribution in [2.45, 2.75) is 32.8 Å². The lowest BCUT2D eigenvalue weighted by atomic mass is 9.98. The molecule has 2 aromatic rings. The van der Waals surface area contributed by atoms with Gasteiger partial charge in [-0.25, -0.2) is 0 Å². The summed E-state index contributed by atoms with van der Waals surface area (Å²) < 4.78 is 0. The minimum absolute atomic E-state index is 0.366. The summed E-state index contributed by atoms with van der Waals surface area (Å²) in [5, 5.41) is 11.8. The molecular formula is C17H25N2O+. The average Bonchev–Trinajstić information content (AvgIpc) is 2.77. The molecule has 0 radical (unpaired) electrons. The van der Waals surface area contributed by atoms with Crippen LogP contribution in [0.15, 0.2) is 24.3 Å². The fourth-order valence-electron chi connectivity index (χ4n) is 3.48. The van der Waals surface area contributed by atoms with Crippen LogP contribution in [0.5, 0.6) is 0 Å². The number of aliphatic hydroxyl groups is 1. The zero-order chi connectivity index (χ0) is 14.1. The molecule has 1 atom stereocenters. The molecule has 0 spiro atoms. The first-order valence-corrected chi connectivity index (χ1v) is 7.74. The van der Waals surface area contributed by atoms with Crippen LogP contribution in [0.25, 0.3) is 10.9 Å². The predicted octanol–water partition coefficient (Wildman–Crippen LogP) is 1.82. The highest BCUT2D eigenvalue weighted by molar-refractivity contribution is 5.84. The molecule has 2 heterocycles. The van der Waals surface area contributed by atoms with Gasteiger partial charge in [0.15, 0.2) is 0 Å². The van der Waals surface area contributed by atoms with Gasteiger partial charge in [-0.3, -0.25) is 0 Å². The van der Waals surface area contributed by atoms with E-state index in [0.717, 1.165) is 29.2 Å². The minimum atomic E-state index is -0.366. The van der Waals surface area contributed by atoms with E-state index in [0.29, 0.717) is 0 Å². The Labute approximate surface area is 120 Å². The summed E-state index contributed by atoms with van der Waals surface area (Å²) in [6, 6.07) is 8.26. The number of aromatic amines is 1. The van der Waals surface area contributed by atoms with Crippen molar-refractivity contribution in [1.29, 1.82) is 0 Å². The van der Waals surface area contributed by atoms with E-state index in [4.69, 9.17) is 0 Å². The maximum Gasteiger partial charge on any atom is 0.130 e. The number of benzene rings is 1. The Kier molecular flexibility index (Phi) is 3.81. The molecule has 1 aromatic heterocycles. The van der Waals surface area contributed by atoms with Crippen molar-refractivity contribution in [2.24, 2.45) is 5.92 Å². The number of para-hydroxylation sites is 1. The van der Waals surface area contributed by atoms with Crippen molar-refractivity contribution in [3.8, 4) is 0 Å². The molecule has 3 N–H and O–H groups in total. The van der Waals surface area contributed by atoms with Gasteiger partial charge in [-0.15, -0.1) is 0 Å². The first-order chi connectivity index (χ1) is 9.65. The van der Waals surface area contributed by atoms with Gasteiger partial charge in [0, 0.05) is 22.2 Å². The third-order valence-electron chi connectivity index (χ3n) is 4.74. The Hall–Kier alpha value is -1.32. The van der Waals surface area contributed by atoms with Crippen molar-refractivity contribution in [3.63, 3.8) is 0 Å². The van der Waals surface area contributed by atoms with Crippen molar-refractivity contribution in [1.82, 2.24) is 4.98 Å². The number of hydrogen-bond donors (Lipinski definition) is 3. The van der Waals surface area contributed by atoms with Crippen LogP contribution in [-0.2, 0) is 0 Å². The van der Waals surface area contributed by atoms with Crippen molar-refractivity contribution >= 4 is 10.9 Å². The maximum atomic E-state index is 10.7. The quantitative estimate of drug-likeness (QED) is 0.784. The molecule has 1 aromatic carbocycles. The van der Waals surface area contributed by atoms with Crippen LogP contribution in [0.2, 0.25) is 0 Å². The van der Waals surface area contributed by atoms with E-state index in [9.17, 15) is 5.11 Å². The van der Waals surface area contributed by atoms with E-state index in [1.165, 1.54) is 31.3 Å². The molecule has 1 saturated heterocycles. The van der Waals surface area contributed by atoms with E-state index < -0.39 is 0 Å². The Morgan fingerprint density at radius 1 is 1.30 bits per heavy atom. The Morgan fingerprint density at radius 3 is 2.75 bits per heavy atom. The van der Waals surface area contributed by atoms with Gasteiger partial charge in [-0.2, -0.15) is 0 Å². The molecule has 3 nitrogen and oxygen atoms in total. The van der Waals surface area contributed by atoms with Gasteiger partial charge in [0.2, 0.25) is 0 Å². The van der Waals surface area contributed by atoms with Gasteiger partial charge in [0.05, 0.1) is 13.1 Å². The van der Waals surface area contributed by atoms with Gasteiger partial charge in [-0.05, 0) is 31.7 Å². The van der Waals surface area contributed by atoms with Crippen LogP contribution in [0.1, 0.15) is 37.1 Å². The van der Waals surface area contributed by atoms with Crippen LogP contribution >= 0.6 is 0 Å². The van der Waals surface area contributed by atoms with Crippen LogP contribution in [0.4, 0.5) is 0 Å². The number of aromatic nitrogens is 1. The molecule has 0 aliphatic carbocycles. The monoisotopic (exact) mass is 273 g/mol. The second kappa shape index (κ2) is 5.58. The number of fused-ring (bicyclic) bond motifs is 1. The fraction of sp³-hybridized carbons (Fsp3) is 0.529. The third kappa shape index (κ3) is 2.60.